The summed E-state index contributed by atoms with van der Waals surface area (Å²) in [7, 11) is 0. The monoisotopic (exact) mass is 384 g/mol. The molecular formula is C24H32O4. The molecule has 28 heavy (non-hydrogen) atoms. The van der Waals surface area contributed by atoms with Crippen LogP contribution in [0.25, 0.3) is 0 Å². The zero-order valence-corrected chi connectivity index (χ0v) is 17.0. The summed E-state index contributed by atoms with van der Waals surface area (Å²) < 4.78 is 5.16. The molecule has 4 aliphatic rings. The van der Waals surface area contributed by atoms with E-state index in [4.69, 9.17) is 4.42 Å². The number of fused-ring (bicyclic) bond motifs is 5. The van der Waals surface area contributed by atoms with E-state index < -0.39 is 5.60 Å². The topological polar surface area (TPSA) is 70.7 Å². The molecule has 3 fully saturated rings. The Morgan fingerprint density at radius 1 is 1.04 bits per heavy atom. The molecule has 152 valence electrons. The third-order valence-electron chi connectivity index (χ3n) is 9.40. The highest BCUT2D eigenvalue weighted by Gasteiger charge is 2.66. The van der Waals surface area contributed by atoms with E-state index in [0.29, 0.717) is 11.8 Å². The van der Waals surface area contributed by atoms with Gasteiger partial charge in [0.1, 0.15) is 0 Å². The first-order chi connectivity index (χ1) is 13.3. The van der Waals surface area contributed by atoms with E-state index >= 15 is 0 Å². The summed E-state index contributed by atoms with van der Waals surface area (Å²) >= 11 is 0. The normalized spacial score (nSPS) is 47.6. The van der Waals surface area contributed by atoms with Crippen LogP contribution in [0.2, 0.25) is 0 Å². The van der Waals surface area contributed by atoms with Gasteiger partial charge in [0.2, 0.25) is 0 Å². The van der Waals surface area contributed by atoms with Crippen LogP contribution in [0.4, 0.5) is 0 Å². The molecule has 4 heteroatoms. The van der Waals surface area contributed by atoms with Crippen molar-refractivity contribution < 1.29 is 14.6 Å². The molecule has 0 amide bonds. The first-order valence-electron chi connectivity index (χ1n) is 11.0. The van der Waals surface area contributed by atoms with E-state index in [1.165, 1.54) is 11.6 Å². The first-order valence-corrected chi connectivity index (χ1v) is 11.0. The van der Waals surface area contributed by atoms with E-state index in [-0.39, 0.29) is 28.5 Å². The molecule has 4 unspecified atom stereocenters. The van der Waals surface area contributed by atoms with E-state index in [9.17, 15) is 15.0 Å². The molecule has 0 radical (unpaired) electrons. The van der Waals surface area contributed by atoms with Crippen LogP contribution in [0.1, 0.15) is 76.7 Å². The van der Waals surface area contributed by atoms with E-state index in [1.807, 2.05) is 6.07 Å². The van der Waals surface area contributed by atoms with Crippen LogP contribution in [-0.4, -0.2) is 21.9 Å². The molecule has 7 atom stereocenters. The highest BCUT2D eigenvalue weighted by molar-refractivity contribution is 5.31. The zero-order valence-electron chi connectivity index (χ0n) is 17.0. The fourth-order valence-electron chi connectivity index (χ4n) is 7.78. The van der Waals surface area contributed by atoms with Crippen molar-refractivity contribution in [3.05, 3.63) is 46.0 Å². The van der Waals surface area contributed by atoms with E-state index in [2.05, 4.69) is 19.9 Å². The van der Waals surface area contributed by atoms with Crippen LogP contribution < -0.4 is 5.63 Å². The predicted octanol–water partition coefficient (Wildman–Crippen LogP) is 4.16. The lowest BCUT2D eigenvalue weighted by molar-refractivity contribution is -0.178. The summed E-state index contributed by atoms with van der Waals surface area (Å²) in [5, 5.41) is 22.3. The molecule has 0 saturated heterocycles. The summed E-state index contributed by atoms with van der Waals surface area (Å²) in [5.41, 5.74) is 1.45. The van der Waals surface area contributed by atoms with Gasteiger partial charge in [0, 0.05) is 11.5 Å². The third-order valence-corrected chi connectivity index (χ3v) is 9.40. The van der Waals surface area contributed by atoms with Crippen molar-refractivity contribution in [2.45, 2.75) is 82.8 Å². The highest BCUT2D eigenvalue weighted by atomic mass is 16.4. The molecule has 1 aromatic heterocycles. The first kappa shape index (κ1) is 18.6. The Balaban J connectivity index is 1.51. The van der Waals surface area contributed by atoms with Gasteiger partial charge in [-0.3, -0.25) is 0 Å². The lowest BCUT2D eigenvalue weighted by Gasteiger charge is -2.61. The van der Waals surface area contributed by atoms with Gasteiger partial charge in [0.15, 0.2) is 0 Å². The van der Waals surface area contributed by atoms with Crippen LogP contribution in [0.5, 0.6) is 0 Å². The number of rotatable bonds is 1. The average Bonchev–Trinajstić information content (AvgIpc) is 2.95. The predicted molar refractivity (Wildman–Crippen MR) is 107 cm³/mol. The van der Waals surface area contributed by atoms with Crippen LogP contribution in [0.3, 0.4) is 0 Å². The average molecular weight is 385 g/mol. The molecule has 1 aromatic rings. The second kappa shape index (κ2) is 6.06. The smallest absolute Gasteiger partial charge is 0.335 e. The number of aliphatic hydroxyl groups excluding tert-OH is 1. The van der Waals surface area contributed by atoms with Gasteiger partial charge in [-0.1, -0.05) is 25.5 Å². The van der Waals surface area contributed by atoms with Gasteiger partial charge in [-0.2, -0.15) is 0 Å². The molecule has 3 saturated carbocycles. The molecule has 4 nitrogen and oxygen atoms in total. The Morgan fingerprint density at radius 2 is 1.86 bits per heavy atom. The summed E-state index contributed by atoms with van der Waals surface area (Å²) in [5.74, 6) is 1.04. The van der Waals surface area contributed by atoms with E-state index in [1.54, 1.807) is 6.26 Å². The van der Waals surface area contributed by atoms with Crippen molar-refractivity contribution in [2.75, 3.05) is 0 Å². The minimum atomic E-state index is -0.665. The lowest BCUT2D eigenvalue weighted by atomic mass is 9.45. The van der Waals surface area contributed by atoms with Gasteiger partial charge in [0.05, 0.1) is 18.0 Å². The fraction of sp³-hybridized carbons (Fsp3) is 0.708. The second-order valence-corrected chi connectivity index (χ2v) is 10.3. The third kappa shape index (κ3) is 2.34. The van der Waals surface area contributed by atoms with E-state index in [0.717, 1.165) is 56.9 Å². The second-order valence-electron chi connectivity index (χ2n) is 10.3. The Kier molecular flexibility index (Phi) is 4.03. The maximum Gasteiger partial charge on any atom is 0.335 e. The molecular weight excluding hydrogens is 352 g/mol. The van der Waals surface area contributed by atoms with Crippen molar-refractivity contribution in [1.82, 2.24) is 0 Å². The number of allylic oxidation sites excluding steroid dienone is 1. The van der Waals surface area contributed by atoms with Crippen LogP contribution in [0, 0.1) is 22.7 Å². The fourth-order valence-corrected chi connectivity index (χ4v) is 7.78. The van der Waals surface area contributed by atoms with Crippen LogP contribution >= 0.6 is 0 Å². The largest absolute Gasteiger partial charge is 0.431 e. The summed E-state index contributed by atoms with van der Waals surface area (Å²) in [6.07, 6.45) is 11.2. The standard InChI is InChI=1S/C24H32O4/c1-22-10-7-17(25)13-16(22)4-5-20-19(22)8-11-23(2)18(9-12-24(20,23)27)15-3-6-21(26)28-14-15/h3,6,13-14,17-20,25,27H,4-5,7-12H2,1-2H3/t17?,18?,19?,20?,22-,23+,24-/m0/s1. The summed E-state index contributed by atoms with van der Waals surface area (Å²) in [6.45, 7) is 4.65. The molecule has 5 rings (SSSR count). The maximum absolute atomic E-state index is 12.1. The molecule has 0 aliphatic heterocycles. The minimum Gasteiger partial charge on any atom is -0.431 e. The van der Waals surface area contributed by atoms with Crippen molar-refractivity contribution >= 4 is 0 Å². The molecule has 0 bridgehead atoms. The van der Waals surface area contributed by atoms with Crippen molar-refractivity contribution in [2.24, 2.45) is 22.7 Å². The van der Waals surface area contributed by atoms with Crippen molar-refractivity contribution in [3.8, 4) is 0 Å². The van der Waals surface area contributed by atoms with Crippen LogP contribution in [0.15, 0.2) is 39.3 Å². The summed E-state index contributed by atoms with van der Waals surface area (Å²) in [6, 6.07) is 3.40. The minimum absolute atomic E-state index is 0.122. The number of aliphatic hydroxyl groups is 2. The van der Waals surface area contributed by atoms with Crippen molar-refractivity contribution in [1.29, 1.82) is 0 Å². The number of hydrogen-bond donors (Lipinski definition) is 2. The Bertz CT molecular complexity index is 851. The summed E-state index contributed by atoms with van der Waals surface area (Å²) in [4.78, 5) is 11.4. The lowest BCUT2D eigenvalue weighted by Crippen LogP contribution is -2.60. The SMILES string of the molecule is C[C@]12CCC(O)C=C1CCC1C2CC[C@]2(C)C(c3ccc(=O)oc3)CC[C@]12O. The van der Waals surface area contributed by atoms with Crippen molar-refractivity contribution in [3.63, 3.8) is 0 Å². The molecule has 1 heterocycles. The van der Waals surface area contributed by atoms with Gasteiger partial charge >= 0.3 is 5.63 Å². The zero-order chi connectivity index (χ0) is 19.7. The highest BCUT2D eigenvalue weighted by Crippen LogP contribution is 2.70. The van der Waals surface area contributed by atoms with Gasteiger partial charge in [0.25, 0.3) is 0 Å². The Hall–Kier alpha value is -1.39. The maximum atomic E-state index is 12.1. The van der Waals surface area contributed by atoms with Gasteiger partial charge in [-0.05, 0) is 86.2 Å². The Labute approximate surface area is 166 Å². The quantitative estimate of drug-likeness (QED) is 0.713. The van der Waals surface area contributed by atoms with Gasteiger partial charge < -0.3 is 14.6 Å². The van der Waals surface area contributed by atoms with Gasteiger partial charge in [-0.15, -0.1) is 0 Å². The molecule has 0 aromatic carbocycles. The molecule has 0 spiro atoms. The molecule has 2 N–H and O–H groups in total. The Morgan fingerprint density at radius 3 is 2.61 bits per heavy atom. The number of hydrogen-bond acceptors (Lipinski definition) is 4. The van der Waals surface area contributed by atoms with Crippen LogP contribution in [-0.2, 0) is 0 Å². The van der Waals surface area contributed by atoms with Gasteiger partial charge in [-0.25, -0.2) is 4.79 Å². The molecule has 4 aliphatic carbocycles.